The molecule has 3 rings (SSSR count). The summed E-state index contributed by atoms with van der Waals surface area (Å²) in [4.78, 5) is 14.1. The zero-order valence-electron chi connectivity index (χ0n) is 21.8. The molecule has 1 atom stereocenters. The third kappa shape index (κ3) is 5.10. The first-order valence-corrected chi connectivity index (χ1v) is 14.5. The summed E-state index contributed by atoms with van der Waals surface area (Å²) in [6.45, 7) is 15.4. The number of aromatic nitrogens is 3. The van der Waals surface area contributed by atoms with Gasteiger partial charge in [0.25, 0.3) is 11.5 Å². The summed E-state index contributed by atoms with van der Waals surface area (Å²) in [6, 6.07) is 17.0. The van der Waals surface area contributed by atoms with Gasteiger partial charge in [-0.25, -0.2) is 0 Å². The first kappa shape index (κ1) is 26.4. The van der Waals surface area contributed by atoms with E-state index in [1.807, 2.05) is 61.5 Å². The van der Waals surface area contributed by atoms with Gasteiger partial charge in [-0.2, -0.15) is 4.68 Å². The molecule has 1 unspecified atom stereocenters. The van der Waals surface area contributed by atoms with Gasteiger partial charge in [-0.15, -0.1) is 10.6 Å². The summed E-state index contributed by atoms with van der Waals surface area (Å²) in [5, 5.41) is 8.60. The van der Waals surface area contributed by atoms with Crippen LogP contribution in [0.2, 0.25) is 16.6 Å². The highest BCUT2D eigenvalue weighted by molar-refractivity contribution is 6.90. The molecule has 182 valence electrons. The highest BCUT2D eigenvalue weighted by Crippen LogP contribution is 2.40. The molecule has 0 saturated heterocycles. The van der Waals surface area contributed by atoms with Crippen LogP contribution in [0.3, 0.4) is 0 Å². The maximum absolute atomic E-state index is 14.1. The Kier molecular flexibility index (Phi) is 8.33. The summed E-state index contributed by atoms with van der Waals surface area (Å²) in [5.41, 5.74) is 5.11. The molecule has 0 aliphatic heterocycles. The minimum absolute atomic E-state index is 0.256. The van der Waals surface area contributed by atoms with Gasteiger partial charge in [0.15, 0.2) is 0 Å². The molecular weight excluding hydrogens is 450 g/mol. The molecule has 35 heavy (non-hydrogen) atoms. The second-order valence-electron chi connectivity index (χ2n) is 9.66. The molecule has 0 N–H and O–H groups in total. The molecule has 6 heteroatoms. The normalized spacial score (nSPS) is 13.3. The van der Waals surface area contributed by atoms with Crippen molar-refractivity contribution in [1.29, 1.82) is 0 Å². The van der Waals surface area contributed by atoms with E-state index in [0.29, 0.717) is 27.7 Å². The van der Waals surface area contributed by atoms with Crippen molar-refractivity contribution in [3.63, 3.8) is 0 Å². The van der Waals surface area contributed by atoms with Crippen molar-refractivity contribution in [2.75, 3.05) is 6.61 Å². The van der Waals surface area contributed by atoms with Crippen molar-refractivity contribution >= 4 is 24.9 Å². The minimum atomic E-state index is -2.15. The molecule has 5 nitrogen and oxygen atoms in total. The van der Waals surface area contributed by atoms with Crippen LogP contribution in [-0.4, -0.2) is 35.5 Å². The summed E-state index contributed by atoms with van der Waals surface area (Å²) >= 11 is 0. The van der Waals surface area contributed by atoms with E-state index in [1.165, 1.54) is 4.68 Å². The summed E-state index contributed by atoms with van der Waals surface area (Å²) in [7, 11) is -2.15. The monoisotopic (exact) mass is 485 g/mol. The number of fused-ring (bicyclic) bond motifs is 1. The standard InChI is InChI=1S/C29H35N3O2Si/c1-8-34-29(20-18-25-14-10-9-11-15-25,32-27-17-13-12-16-26(27)30-31-32)28(33)19-21-35(22(2)3,23(4)5)24(6)7/h9-17,22-24H,8H2,1-7H3. The van der Waals surface area contributed by atoms with Gasteiger partial charge in [0.1, 0.15) is 13.6 Å². The van der Waals surface area contributed by atoms with Gasteiger partial charge < -0.3 is 4.74 Å². The first-order chi connectivity index (χ1) is 16.7. The van der Waals surface area contributed by atoms with Crippen LogP contribution in [0, 0.1) is 23.3 Å². The molecule has 2 aromatic carbocycles. The minimum Gasteiger partial charge on any atom is -0.337 e. The van der Waals surface area contributed by atoms with E-state index >= 15 is 0 Å². The predicted molar refractivity (Wildman–Crippen MR) is 144 cm³/mol. The van der Waals surface area contributed by atoms with E-state index in [2.05, 4.69) is 75.2 Å². The van der Waals surface area contributed by atoms with E-state index in [9.17, 15) is 4.79 Å². The van der Waals surface area contributed by atoms with E-state index in [4.69, 9.17) is 4.74 Å². The van der Waals surface area contributed by atoms with Crippen molar-refractivity contribution < 1.29 is 9.53 Å². The molecule has 0 aliphatic rings. The molecule has 1 heterocycles. The lowest BCUT2D eigenvalue weighted by Crippen LogP contribution is -2.46. The van der Waals surface area contributed by atoms with Gasteiger partial charge in [0, 0.05) is 12.2 Å². The number of carbonyl (C=O) groups is 1. The smallest absolute Gasteiger partial charge is 0.299 e. The third-order valence-electron chi connectivity index (χ3n) is 6.72. The number of ether oxygens (including phenoxy) is 1. The Labute approximate surface area is 210 Å². The maximum Gasteiger partial charge on any atom is 0.299 e. The van der Waals surface area contributed by atoms with Gasteiger partial charge in [0.05, 0.1) is 5.52 Å². The van der Waals surface area contributed by atoms with E-state index in [1.54, 1.807) is 0 Å². The van der Waals surface area contributed by atoms with Gasteiger partial charge in [0.2, 0.25) is 0 Å². The number of rotatable bonds is 7. The van der Waals surface area contributed by atoms with Gasteiger partial charge in [-0.1, -0.05) is 83.0 Å². The average molecular weight is 486 g/mol. The van der Waals surface area contributed by atoms with Crippen LogP contribution in [0.5, 0.6) is 0 Å². The van der Waals surface area contributed by atoms with Crippen molar-refractivity contribution in [2.45, 2.75) is 70.8 Å². The van der Waals surface area contributed by atoms with Gasteiger partial charge in [-0.3, -0.25) is 4.79 Å². The molecule has 0 saturated carbocycles. The maximum atomic E-state index is 14.1. The Bertz CT molecular complexity index is 1270. The Morgan fingerprint density at radius 2 is 1.57 bits per heavy atom. The zero-order valence-corrected chi connectivity index (χ0v) is 22.8. The number of carbonyl (C=O) groups excluding carboxylic acids is 1. The van der Waals surface area contributed by atoms with Crippen molar-refractivity contribution in [3.8, 4) is 23.3 Å². The largest absolute Gasteiger partial charge is 0.337 e. The quantitative estimate of drug-likeness (QED) is 0.306. The first-order valence-electron chi connectivity index (χ1n) is 12.3. The Balaban J connectivity index is 2.27. The Morgan fingerprint density at radius 3 is 2.17 bits per heavy atom. The van der Waals surface area contributed by atoms with Crippen LogP contribution in [0.4, 0.5) is 0 Å². The van der Waals surface area contributed by atoms with Crippen LogP contribution < -0.4 is 0 Å². The van der Waals surface area contributed by atoms with Gasteiger partial charge >= 0.3 is 0 Å². The number of hydrogen-bond donors (Lipinski definition) is 0. The fourth-order valence-electron chi connectivity index (χ4n) is 5.04. The number of para-hydroxylation sites is 1. The van der Waals surface area contributed by atoms with Crippen LogP contribution in [0.25, 0.3) is 11.0 Å². The van der Waals surface area contributed by atoms with Crippen molar-refractivity contribution in [1.82, 2.24) is 15.0 Å². The number of ketones is 1. The highest BCUT2D eigenvalue weighted by Gasteiger charge is 2.45. The molecule has 0 radical (unpaired) electrons. The lowest BCUT2D eigenvalue weighted by atomic mass is 10.1. The molecule has 3 aromatic rings. The summed E-state index contributed by atoms with van der Waals surface area (Å²) in [5.74, 6) is 8.87. The van der Waals surface area contributed by atoms with E-state index < -0.39 is 19.6 Å². The highest BCUT2D eigenvalue weighted by atomic mass is 28.3. The summed E-state index contributed by atoms with van der Waals surface area (Å²) < 4.78 is 7.65. The zero-order chi connectivity index (χ0) is 25.6. The fourth-order valence-corrected chi connectivity index (χ4v) is 10.2. The lowest BCUT2D eigenvalue weighted by molar-refractivity contribution is -0.142. The topological polar surface area (TPSA) is 57.0 Å². The Hall–Kier alpha value is -3.19. The van der Waals surface area contributed by atoms with Gasteiger partial charge in [-0.05, 0) is 59.7 Å². The molecule has 0 spiro atoms. The summed E-state index contributed by atoms with van der Waals surface area (Å²) in [6.07, 6.45) is 0. The Morgan fingerprint density at radius 1 is 0.971 bits per heavy atom. The molecule has 0 aliphatic carbocycles. The van der Waals surface area contributed by atoms with Crippen LogP contribution >= 0.6 is 0 Å². The fraction of sp³-hybridized carbons (Fsp3) is 0.414. The number of Topliss-reactive ketones (excluding diaryl/α,β-unsaturated/α-hetero) is 1. The van der Waals surface area contributed by atoms with Crippen LogP contribution in [0.1, 0.15) is 54.0 Å². The second kappa shape index (κ2) is 11.0. The molecule has 0 amide bonds. The van der Waals surface area contributed by atoms with Crippen molar-refractivity contribution in [3.05, 3.63) is 60.2 Å². The average Bonchev–Trinajstić information content (AvgIpc) is 3.26. The lowest BCUT2D eigenvalue weighted by Gasteiger charge is -2.38. The molecular formula is C29H35N3O2Si. The molecule has 0 fully saturated rings. The number of benzene rings is 2. The third-order valence-corrected chi connectivity index (χ3v) is 13.0. The van der Waals surface area contributed by atoms with E-state index in [-0.39, 0.29) is 6.61 Å². The predicted octanol–water partition coefficient (Wildman–Crippen LogP) is 5.96. The van der Waals surface area contributed by atoms with Crippen LogP contribution in [0.15, 0.2) is 54.6 Å². The van der Waals surface area contributed by atoms with E-state index in [0.717, 1.165) is 5.56 Å². The second-order valence-corrected chi connectivity index (χ2v) is 15.2. The van der Waals surface area contributed by atoms with Crippen molar-refractivity contribution in [2.24, 2.45) is 0 Å². The SMILES string of the molecule is CCOC(C#Cc1ccccc1)(C(=O)C#C[Si](C(C)C)(C(C)C)C(C)C)n1nnc2ccccc21. The number of hydrogen-bond acceptors (Lipinski definition) is 4. The molecule has 1 aromatic heterocycles. The molecule has 0 bridgehead atoms. The number of nitrogens with zero attached hydrogens (tertiary/aromatic N) is 3. The van der Waals surface area contributed by atoms with Crippen LogP contribution in [-0.2, 0) is 15.3 Å².